The van der Waals surface area contributed by atoms with E-state index in [4.69, 9.17) is 0 Å². The van der Waals surface area contributed by atoms with Crippen molar-refractivity contribution in [1.82, 2.24) is 19.8 Å². The summed E-state index contributed by atoms with van der Waals surface area (Å²) in [6.07, 6.45) is 3.87. The van der Waals surface area contributed by atoms with Gasteiger partial charge in [0, 0.05) is 45.1 Å². The molecule has 1 aromatic carbocycles. The highest BCUT2D eigenvalue weighted by atomic mass is 15.2. The van der Waals surface area contributed by atoms with Crippen LogP contribution < -0.4 is 5.32 Å². The zero-order valence-corrected chi connectivity index (χ0v) is 11.3. The molecule has 3 rings (SSSR count). The Morgan fingerprint density at radius 1 is 1.32 bits per heavy atom. The summed E-state index contributed by atoms with van der Waals surface area (Å²) < 4.78 is 2.10. The Labute approximate surface area is 114 Å². The van der Waals surface area contributed by atoms with E-state index in [0.717, 1.165) is 32.0 Å². The molecule has 100 valence electrons. The number of aromatic nitrogens is 2. The second kappa shape index (κ2) is 5.55. The molecule has 4 heteroatoms. The molecule has 1 aliphatic rings. The van der Waals surface area contributed by atoms with Crippen molar-refractivity contribution in [2.75, 3.05) is 19.6 Å². The van der Waals surface area contributed by atoms with Gasteiger partial charge in [0.05, 0.1) is 6.54 Å². The minimum absolute atomic E-state index is 0.426. The maximum absolute atomic E-state index is 4.41. The van der Waals surface area contributed by atoms with Gasteiger partial charge in [-0.15, -0.1) is 0 Å². The van der Waals surface area contributed by atoms with Gasteiger partial charge < -0.3 is 9.88 Å². The molecule has 4 nitrogen and oxygen atoms in total. The maximum atomic E-state index is 4.41. The summed E-state index contributed by atoms with van der Waals surface area (Å²) in [4.78, 5) is 6.88. The van der Waals surface area contributed by atoms with Crippen molar-refractivity contribution >= 4 is 0 Å². The predicted molar refractivity (Wildman–Crippen MR) is 75.7 cm³/mol. The summed E-state index contributed by atoms with van der Waals surface area (Å²) in [7, 11) is 2.05. The van der Waals surface area contributed by atoms with Crippen LogP contribution in [0.1, 0.15) is 17.4 Å². The average molecular weight is 256 g/mol. The Balaban J connectivity index is 1.67. The van der Waals surface area contributed by atoms with E-state index in [2.05, 4.69) is 57.1 Å². The van der Waals surface area contributed by atoms with Gasteiger partial charge in [0.2, 0.25) is 0 Å². The molecule has 19 heavy (non-hydrogen) atoms. The molecule has 1 fully saturated rings. The molecule has 1 N–H and O–H groups in total. The van der Waals surface area contributed by atoms with E-state index >= 15 is 0 Å². The predicted octanol–water partition coefficient (Wildman–Crippen LogP) is 1.57. The van der Waals surface area contributed by atoms with Gasteiger partial charge in [-0.1, -0.05) is 30.3 Å². The van der Waals surface area contributed by atoms with Crippen LogP contribution in [0.4, 0.5) is 0 Å². The van der Waals surface area contributed by atoms with E-state index in [0.29, 0.717) is 6.04 Å². The monoisotopic (exact) mass is 256 g/mol. The first-order chi connectivity index (χ1) is 9.33. The van der Waals surface area contributed by atoms with Gasteiger partial charge in [-0.3, -0.25) is 4.90 Å². The van der Waals surface area contributed by atoms with Gasteiger partial charge in [0.25, 0.3) is 0 Å². The minimum Gasteiger partial charge on any atom is -0.337 e. The summed E-state index contributed by atoms with van der Waals surface area (Å²) >= 11 is 0. The largest absolute Gasteiger partial charge is 0.337 e. The third-order valence-electron chi connectivity index (χ3n) is 3.75. The zero-order chi connectivity index (χ0) is 13.1. The van der Waals surface area contributed by atoms with Crippen LogP contribution in [0.3, 0.4) is 0 Å². The molecule has 2 aromatic rings. The summed E-state index contributed by atoms with van der Waals surface area (Å²) in [6, 6.07) is 11.1. The standard InChI is InChI=1S/C15H20N4/c1-18-9-7-17-15(18)12-19-10-8-16-14(11-19)13-5-3-2-4-6-13/h2-7,9,14,16H,8,10-12H2,1H3. The van der Waals surface area contributed by atoms with Crippen LogP contribution in [0, 0.1) is 0 Å². The molecule has 2 heterocycles. The molecule has 1 aliphatic heterocycles. The van der Waals surface area contributed by atoms with E-state index in [1.165, 1.54) is 5.56 Å². The van der Waals surface area contributed by atoms with Gasteiger partial charge in [-0.2, -0.15) is 0 Å². The lowest BCUT2D eigenvalue weighted by molar-refractivity contribution is 0.187. The normalized spacial score (nSPS) is 20.6. The first-order valence-corrected chi connectivity index (χ1v) is 6.80. The number of nitrogens with zero attached hydrogens (tertiary/aromatic N) is 3. The lowest BCUT2D eigenvalue weighted by Gasteiger charge is -2.33. The lowest BCUT2D eigenvalue weighted by atomic mass is 10.0. The van der Waals surface area contributed by atoms with Crippen molar-refractivity contribution in [3.8, 4) is 0 Å². The molecule has 0 bridgehead atoms. The first kappa shape index (κ1) is 12.4. The van der Waals surface area contributed by atoms with Crippen LogP contribution >= 0.6 is 0 Å². The van der Waals surface area contributed by atoms with E-state index in [1.807, 2.05) is 12.4 Å². The fourth-order valence-electron chi connectivity index (χ4n) is 2.61. The van der Waals surface area contributed by atoms with Crippen molar-refractivity contribution in [2.24, 2.45) is 7.05 Å². The maximum Gasteiger partial charge on any atom is 0.122 e. The lowest BCUT2D eigenvalue weighted by Crippen LogP contribution is -2.45. The van der Waals surface area contributed by atoms with Gasteiger partial charge in [0.1, 0.15) is 5.82 Å². The van der Waals surface area contributed by atoms with E-state index < -0.39 is 0 Å². The second-order valence-electron chi connectivity index (χ2n) is 5.11. The number of hydrogen-bond donors (Lipinski definition) is 1. The molecule has 1 atom stereocenters. The quantitative estimate of drug-likeness (QED) is 0.905. The second-order valence-corrected chi connectivity index (χ2v) is 5.11. The third kappa shape index (κ3) is 2.85. The van der Waals surface area contributed by atoms with Crippen LogP contribution in [0.25, 0.3) is 0 Å². The van der Waals surface area contributed by atoms with Crippen LogP contribution in [0.15, 0.2) is 42.7 Å². The van der Waals surface area contributed by atoms with E-state index in [9.17, 15) is 0 Å². The molecular formula is C15H20N4. The van der Waals surface area contributed by atoms with Crippen molar-refractivity contribution in [3.63, 3.8) is 0 Å². The summed E-state index contributed by atoms with van der Waals surface area (Å²) in [5.41, 5.74) is 1.37. The molecule has 0 amide bonds. The Morgan fingerprint density at radius 2 is 2.16 bits per heavy atom. The molecule has 0 spiro atoms. The van der Waals surface area contributed by atoms with Gasteiger partial charge in [0.15, 0.2) is 0 Å². The number of aryl methyl sites for hydroxylation is 1. The molecule has 1 aromatic heterocycles. The third-order valence-corrected chi connectivity index (χ3v) is 3.75. The first-order valence-electron chi connectivity index (χ1n) is 6.80. The minimum atomic E-state index is 0.426. The molecular weight excluding hydrogens is 236 g/mol. The number of hydrogen-bond acceptors (Lipinski definition) is 3. The number of piperazine rings is 1. The number of benzene rings is 1. The van der Waals surface area contributed by atoms with Crippen molar-refractivity contribution in [1.29, 1.82) is 0 Å². The highest BCUT2D eigenvalue weighted by molar-refractivity contribution is 5.19. The van der Waals surface area contributed by atoms with Crippen LogP contribution in [0.2, 0.25) is 0 Å². The topological polar surface area (TPSA) is 33.1 Å². The SMILES string of the molecule is Cn1ccnc1CN1CCNC(c2ccccc2)C1. The summed E-state index contributed by atoms with van der Waals surface area (Å²) in [6.45, 7) is 4.07. The van der Waals surface area contributed by atoms with Crippen LogP contribution in [0.5, 0.6) is 0 Å². The molecule has 1 saturated heterocycles. The van der Waals surface area contributed by atoms with Gasteiger partial charge in [-0.25, -0.2) is 4.98 Å². The highest BCUT2D eigenvalue weighted by Crippen LogP contribution is 2.17. The smallest absolute Gasteiger partial charge is 0.122 e. The van der Waals surface area contributed by atoms with Gasteiger partial charge >= 0.3 is 0 Å². The molecule has 1 unspecified atom stereocenters. The average Bonchev–Trinajstić information content (AvgIpc) is 2.86. The molecule has 0 saturated carbocycles. The fraction of sp³-hybridized carbons (Fsp3) is 0.400. The summed E-state index contributed by atoms with van der Waals surface area (Å²) in [5, 5.41) is 3.59. The van der Waals surface area contributed by atoms with E-state index in [1.54, 1.807) is 0 Å². The number of imidazole rings is 1. The molecule has 0 aliphatic carbocycles. The number of nitrogens with one attached hydrogen (secondary N) is 1. The summed E-state index contributed by atoms with van der Waals surface area (Å²) in [5.74, 6) is 1.13. The number of rotatable bonds is 3. The van der Waals surface area contributed by atoms with Crippen molar-refractivity contribution in [3.05, 3.63) is 54.1 Å². The molecule has 0 radical (unpaired) electrons. The fourth-order valence-corrected chi connectivity index (χ4v) is 2.61. The van der Waals surface area contributed by atoms with E-state index in [-0.39, 0.29) is 0 Å². The Hall–Kier alpha value is -1.65. The Bertz CT molecular complexity index is 520. The van der Waals surface area contributed by atoms with Gasteiger partial charge in [-0.05, 0) is 5.56 Å². The van der Waals surface area contributed by atoms with Crippen LogP contribution in [-0.4, -0.2) is 34.1 Å². The van der Waals surface area contributed by atoms with Crippen LogP contribution in [-0.2, 0) is 13.6 Å². The highest BCUT2D eigenvalue weighted by Gasteiger charge is 2.21. The zero-order valence-electron chi connectivity index (χ0n) is 11.3. The van der Waals surface area contributed by atoms with Crippen molar-refractivity contribution in [2.45, 2.75) is 12.6 Å². The van der Waals surface area contributed by atoms with Crippen molar-refractivity contribution < 1.29 is 0 Å². The Kier molecular flexibility index (Phi) is 3.62. The Morgan fingerprint density at radius 3 is 2.89 bits per heavy atom.